The Kier molecular flexibility index (Phi) is 5.41. The number of esters is 1. The quantitative estimate of drug-likeness (QED) is 0.307. The molecule has 0 N–H and O–H groups in total. The Morgan fingerprint density at radius 1 is 0.893 bits per heavy atom. The normalized spacial score (nSPS) is 11.7. The molecule has 0 spiro atoms. The second-order valence-electron chi connectivity index (χ2n) is 5.98. The number of carbonyl (C=O) groups excluding carboxylic acids is 2. The highest BCUT2D eigenvalue weighted by Gasteiger charge is 2.27. The second kappa shape index (κ2) is 8.29. The number of benzene rings is 2. The fourth-order valence-corrected chi connectivity index (χ4v) is 4.21. The first kappa shape index (κ1) is 18.3. The minimum atomic E-state index is -1.03. The molecule has 4 aromatic rings. The lowest BCUT2D eigenvalue weighted by Crippen LogP contribution is -2.20. The molecule has 4 rings (SSSR count). The molecule has 0 bridgehead atoms. The Bertz CT molecular complexity index is 1070. The summed E-state index contributed by atoms with van der Waals surface area (Å²) in [6.07, 6.45) is -1.03. The summed E-state index contributed by atoms with van der Waals surface area (Å²) in [5.74, 6) is -0.885. The number of Topliss-reactive ketones (excluding diaryl/α,β-unsaturated/α-hetero) is 1. The minimum absolute atomic E-state index is 0.202. The predicted octanol–water partition coefficient (Wildman–Crippen LogP) is 5.65. The minimum Gasteiger partial charge on any atom is -0.444 e. The Hall–Kier alpha value is -3.09. The van der Waals surface area contributed by atoms with Crippen LogP contribution in [-0.2, 0) is 4.74 Å². The van der Waals surface area contributed by atoms with Gasteiger partial charge >= 0.3 is 5.97 Å². The molecule has 4 nitrogen and oxygen atoms in total. The van der Waals surface area contributed by atoms with Gasteiger partial charge in [0.25, 0.3) is 0 Å². The molecule has 6 heteroatoms. The van der Waals surface area contributed by atoms with Gasteiger partial charge in [0.1, 0.15) is 5.01 Å². The molecule has 0 fully saturated rings. The van der Waals surface area contributed by atoms with Crippen molar-refractivity contribution >= 4 is 34.4 Å². The van der Waals surface area contributed by atoms with Crippen molar-refractivity contribution in [1.82, 2.24) is 4.98 Å². The molecule has 2 aromatic carbocycles. The maximum Gasteiger partial charge on any atom is 0.358 e. The lowest BCUT2D eigenvalue weighted by Gasteiger charge is -2.17. The molecule has 0 saturated heterocycles. The van der Waals surface area contributed by atoms with Crippen molar-refractivity contribution in [3.63, 3.8) is 0 Å². The largest absolute Gasteiger partial charge is 0.444 e. The molecule has 138 valence electrons. The lowest BCUT2D eigenvalue weighted by atomic mass is 10.00. The zero-order valence-electron chi connectivity index (χ0n) is 14.6. The average Bonchev–Trinajstić information content (AvgIpc) is 3.44. The first-order valence-corrected chi connectivity index (χ1v) is 10.4. The summed E-state index contributed by atoms with van der Waals surface area (Å²) in [5.41, 5.74) is 2.28. The molecule has 1 unspecified atom stereocenters. The monoisotopic (exact) mass is 405 g/mol. The van der Waals surface area contributed by atoms with Crippen LogP contribution in [0.25, 0.3) is 10.6 Å². The summed E-state index contributed by atoms with van der Waals surface area (Å²) in [4.78, 5) is 30.1. The van der Waals surface area contributed by atoms with E-state index in [2.05, 4.69) is 4.98 Å². The zero-order chi connectivity index (χ0) is 19.3. The van der Waals surface area contributed by atoms with Gasteiger partial charge in [-0.3, -0.25) is 4.79 Å². The molecule has 0 saturated carbocycles. The number of hydrogen-bond donors (Lipinski definition) is 0. The zero-order valence-corrected chi connectivity index (χ0v) is 16.3. The molecular weight excluding hydrogens is 390 g/mol. The smallest absolute Gasteiger partial charge is 0.358 e. The summed E-state index contributed by atoms with van der Waals surface area (Å²) < 4.78 is 5.63. The topological polar surface area (TPSA) is 56.3 Å². The van der Waals surface area contributed by atoms with Crippen molar-refractivity contribution in [3.05, 3.63) is 99.7 Å². The third-order valence-corrected chi connectivity index (χ3v) is 5.68. The summed E-state index contributed by atoms with van der Waals surface area (Å²) in [7, 11) is 0. The number of thiazole rings is 1. The fourth-order valence-electron chi connectivity index (χ4n) is 2.71. The van der Waals surface area contributed by atoms with E-state index < -0.39 is 12.1 Å². The Morgan fingerprint density at radius 3 is 2.29 bits per heavy atom. The van der Waals surface area contributed by atoms with Crippen molar-refractivity contribution in [3.8, 4) is 10.6 Å². The van der Waals surface area contributed by atoms with Crippen LogP contribution in [-0.4, -0.2) is 16.7 Å². The molecule has 0 aliphatic rings. The third kappa shape index (κ3) is 3.93. The van der Waals surface area contributed by atoms with Gasteiger partial charge in [-0.15, -0.1) is 11.3 Å². The van der Waals surface area contributed by atoms with Crippen LogP contribution in [0.5, 0.6) is 0 Å². The van der Waals surface area contributed by atoms with E-state index in [1.807, 2.05) is 41.1 Å². The van der Waals surface area contributed by atoms with Crippen molar-refractivity contribution in [1.29, 1.82) is 0 Å². The predicted molar refractivity (Wildman–Crippen MR) is 111 cm³/mol. The van der Waals surface area contributed by atoms with Crippen molar-refractivity contribution in [2.75, 3.05) is 0 Å². The van der Waals surface area contributed by atoms with Crippen LogP contribution in [0.4, 0.5) is 0 Å². The number of thiophene rings is 1. The summed E-state index contributed by atoms with van der Waals surface area (Å²) >= 11 is 2.94. The van der Waals surface area contributed by atoms with Gasteiger partial charge in [0, 0.05) is 27.5 Å². The average molecular weight is 406 g/mol. The molecule has 0 amide bonds. The fraction of sp³-hybridized carbons (Fsp3) is 0.0455. The first-order valence-electron chi connectivity index (χ1n) is 8.55. The van der Waals surface area contributed by atoms with Crippen LogP contribution in [0.2, 0.25) is 0 Å². The number of nitrogens with zero attached hydrogens (tertiary/aromatic N) is 1. The molecule has 0 aliphatic carbocycles. The van der Waals surface area contributed by atoms with Gasteiger partial charge in [-0.2, -0.15) is 11.3 Å². The van der Waals surface area contributed by atoms with Gasteiger partial charge in [0.15, 0.2) is 11.8 Å². The molecule has 2 heterocycles. The SMILES string of the molecule is O=C(OC(C(=O)c1ccccc1)c1ccccc1)c1csc(-c2ccsc2)n1. The van der Waals surface area contributed by atoms with Gasteiger partial charge in [-0.05, 0) is 11.4 Å². The van der Waals surface area contributed by atoms with E-state index in [0.29, 0.717) is 11.1 Å². The standard InChI is InChI=1S/C22H15NO3S2/c24-19(15-7-3-1-4-8-15)20(16-9-5-2-6-10-16)26-22(25)18-14-28-21(23-18)17-11-12-27-13-17/h1-14,20H. The van der Waals surface area contributed by atoms with Crippen LogP contribution in [0.1, 0.15) is 32.5 Å². The highest BCUT2D eigenvalue weighted by atomic mass is 32.1. The lowest BCUT2D eigenvalue weighted by molar-refractivity contribution is 0.0275. The van der Waals surface area contributed by atoms with Crippen LogP contribution in [0, 0.1) is 0 Å². The molecule has 2 aromatic heterocycles. The molecule has 0 aliphatic heterocycles. The molecule has 0 radical (unpaired) electrons. The Morgan fingerprint density at radius 2 is 1.61 bits per heavy atom. The number of ketones is 1. The van der Waals surface area contributed by atoms with E-state index in [1.54, 1.807) is 53.1 Å². The summed E-state index contributed by atoms with van der Waals surface area (Å²) in [6.45, 7) is 0. The van der Waals surface area contributed by atoms with Crippen molar-refractivity contribution in [2.24, 2.45) is 0 Å². The maximum atomic E-state index is 13.0. The third-order valence-electron chi connectivity index (χ3n) is 4.11. The van der Waals surface area contributed by atoms with Gasteiger partial charge in [0.05, 0.1) is 0 Å². The van der Waals surface area contributed by atoms with Crippen LogP contribution < -0.4 is 0 Å². The van der Waals surface area contributed by atoms with Crippen LogP contribution in [0.3, 0.4) is 0 Å². The van der Waals surface area contributed by atoms with Crippen molar-refractivity contribution < 1.29 is 14.3 Å². The summed E-state index contributed by atoms with van der Waals surface area (Å²) in [6, 6.07) is 19.8. The van der Waals surface area contributed by atoms with Crippen LogP contribution in [0.15, 0.2) is 82.9 Å². The highest BCUT2D eigenvalue weighted by Crippen LogP contribution is 2.28. The number of ether oxygens (including phenoxy) is 1. The van der Waals surface area contributed by atoms with Crippen molar-refractivity contribution in [2.45, 2.75) is 6.10 Å². The molecular formula is C22H15NO3S2. The van der Waals surface area contributed by atoms with E-state index in [-0.39, 0.29) is 11.5 Å². The summed E-state index contributed by atoms with van der Waals surface area (Å²) in [5, 5.41) is 6.33. The number of hydrogen-bond acceptors (Lipinski definition) is 6. The number of rotatable bonds is 6. The van der Waals surface area contributed by atoms with Crippen LogP contribution >= 0.6 is 22.7 Å². The van der Waals surface area contributed by atoms with E-state index in [0.717, 1.165) is 10.6 Å². The van der Waals surface area contributed by atoms with Gasteiger partial charge in [-0.25, -0.2) is 9.78 Å². The molecule has 28 heavy (non-hydrogen) atoms. The van der Waals surface area contributed by atoms with Gasteiger partial charge in [-0.1, -0.05) is 60.7 Å². The van der Waals surface area contributed by atoms with E-state index in [4.69, 9.17) is 4.74 Å². The Labute approximate surface area is 170 Å². The maximum absolute atomic E-state index is 13.0. The van der Waals surface area contributed by atoms with E-state index in [1.165, 1.54) is 11.3 Å². The number of aromatic nitrogens is 1. The Balaban J connectivity index is 1.61. The number of carbonyl (C=O) groups is 2. The van der Waals surface area contributed by atoms with E-state index in [9.17, 15) is 9.59 Å². The van der Waals surface area contributed by atoms with Gasteiger partial charge < -0.3 is 4.74 Å². The highest BCUT2D eigenvalue weighted by molar-refractivity contribution is 7.14. The first-order chi connectivity index (χ1) is 13.7. The molecule has 1 atom stereocenters. The van der Waals surface area contributed by atoms with Gasteiger partial charge in [0.2, 0.25) is 5.78 Å². The second-order valence-corrected chi connectivity index (χ2v) is 7.61. The van der Waals surface area contributed by atoms with E-state index >= 15 is 0 Å².